The van der Waals surface area contributed by atoms with Crippen molar-refractivity contribution in [1.82, 2.24) is 10.2 Å². The fraction of sp³-hybridized carbons (Fsp3) is 0.419. The second kappa shape index (κ2) is 12.6. The first kappa shape index (κ1) is 25.7. The zero-order valence-electron chi connectivity index (χ0n) is 21.4. The molecule has 0 spiro atoms. The molecule has 1 saturated heterocycles. The van der Waals surface area contributed by atoms with Crippen LogP contribution in [0.3, 0.4) is 0 Å². The zero-order chi connectivity index (χ0) is 25.2. The van der Waals surface area contributed by atoms with Crippen LogP contribution in [0.4, 0.5) is 0 Å². The molecule has 190 valence electrons. The number of hydrogen-bond donors (Lipinski definition) is 1. The molecule has 5 heteroatoms. The molecule has 0 unspecified atom stereocenters. The Balaban J connectivity index is 1.37. The highest BCUT2D eigenvalue weighted by Gasteiger charge is 2.42. The van der Waals surface area contributed by atoms with Gasteiger partial charge in [-0.15, -0.1) is 0 Å². The highest BCUT2D eigenvalue weighted by Crippen LogP contribution is 2.36. The molecule has 4 rings (SSSR count). The molecule has 0 bridgehead atoms. The van der Waals surface area contributed by atoms with Crippen LogP contribution in [0.15, 0.2) is 84.1 Å². The minimum absolute atomic E-state index is 0.105. The molecule has 1 N–H and O–H groups in total. The third kappa shape index (κ3) is 6.66. The number of nitrogens with one attached hydrogen (secondary N) is 1. The van der Waals surface area contributed by atoms with E-state index in [2.05, 4.69) is 35.7 Å². The summed E-state index contributed by atoms with van der Waals surface area (Å²) >= 11 is 0. The number of ether oxygens (including phenoxy) is 1. The van der Waals surface area contributed by atoms with Gasteiger partial charge in [0.25, 0.3) is 0 Å². The second-order valence-electron chi connectivity index (χ2n) is 9.93. The summed E-state index contributed by atoms with van der Waals surface area (Å²) in [7, 11) is 1.70. The molecule has 1 aliphatic carbocycles. The van der Waals surface area contributed by atoms with Gasteiger partial charge in [0, 0.05) is 26.1 Å². The van der Waals surface area contributed by atoms with Gasteiger partial charge < -0.3 is 15.0 Å². The summed E-state index contributed by atoms with van der Waals surface area (Å²) in [6.07, 6.45) is 10.3. The van der Waals surface area contributed by atoms with E-state index in [1.165, 1.54) is 16.7 Å². The molecule has 36 heavy (non-hydrogen) atoms. The lowest BCUT2D eigenvalue weighted by Gasteiger charge is -2.41. The van der Waals surface area contributed by atoms with Gasteiger partial charge in [-0.2, -0.15) is 0 Å². The number of aryl methyl sites for hydroxylation is 1. The van der Waals surface area contributed by atoms with Crippen LogP contribution in [0.1, 0.15) is 49.7 Å². The first-order chi connectivity index (χ1) is 17.6. The summed E-state index contributed by atoms with van der Waals surface area (Å²) in [5.41, 5.74) is 3.11. The highest BCUT2D eigenvalue weighted by atomic mass is 16.5. The Hall–Kier alpha value is -3.34. The normalized spacial score (nSPS) is 17.1. The first-order valence-electron chi connectivity index (χ1n) is 13.2. The van der Waals surface area contributed by atoms with Gasteiger partial charge in [-0.3, -0.25) is 9.59 Å². The van der Waals surface area contributed by atoms with Gasteiger partial charge in [0.15, 0.2) is 0 Å². The SMILES string of the molecule is COC1=C(CCNC(=O)C2(Cc3ccccc3)CCN(C(=O)CCc3ccccc3)CC2)CCC=C1. The van der Waals surface area contributed by atoms with Crippen molar-refractivity contribution in [2.75, 3.05) is 26.7 Å². The number of rotatable bonds is 10. The van der Waals surface area contributed by atoms with Gasteiger partial charge in [0.05, 0.1) is 12.5 Å². The Morgan fingerprint density at radius 2 is 1.61 bits per heavy atom. The molecule has 2 amide bonds. The number of carbonyl (C=O) groups is 2. The van der Waals surface area contributed by atoms with Gasteiger partial charge in [-0.1, -0.05) is 66.7 Å². The van der Waals surface area contributed by atoms with Crippen LogP contribution in [0.25, 0.3) is 0 Å². The summed E-state index contributed by atoms with van der Waals surface area (Å²) in [4.78, 5) is 28.5. The molecule has 2 aromatic rings. The van der Waals surface area contributed by atoms with Crippen LogP contribution in [-0.2, 0) is 27.2 Å². The van der Waals surface area contributed by atoms with E-state index in [0.29, 0.717) is 45.3 Å². The summed E-state index contributed by atoms with van der Waals surface area (Å²) in [5.74, 6) is 1.21. The summed E-state index contributed by atoms with van der Waals surface area (Å²) in [6, 6.07) is 20.4. The van der Waals surface area contributed by atoms with Crippen LogP contribution >= 0.6 is 0 Å². The Kier molecular flexibility index (Phi) is 8.99. The number of nitrogens with zero attached hydrogens (tertiary/aromatic N) is 1. The lowest BCUT2D eigenvalue weighted by atomic mass is 9.72. The van der Waals surface area contributed by atoms with Crippen molar-refractivity contribution in [3.05, 3.63) is 95.3 Å². The average Bonchev–Trinajstić information content (AvgIpc) is 2.93. The topological polar surface area (TPSA) is 58.6 Å². The molecule has 1 aliphatic heterocycles. The molecular weight excluding hydrogens is 448 g/mol. The third-order valence-corrected chi connectivity index (χ3v) is 7.57. The maximum atomic E-state index is 13.6. The van der Waals surface area contributed by atoms with E-state index in [1.807, 2.05) is 47.4 Å². The van der Waals surface area contributed by atoms with E-state index in [-0.39, 0.29) is 11.8 Å². The van der Waals surface area contributed by atoms with E-state index >= 15 is 0 Å². The summed E-state index contributed by atoms with van der Waals surface area (Å²) in [5, 5.41) is 3.24. The number of hydrogen-bond acceptors (Lipinski definition) is 3. The van der Waals surface area contributed by atoms with Crippen LogP contribution < -0.4 is 5.32 Å². The molecular formula is C31H38N2O3. The average molecular weight is 487 g/mol. The number of allylic oxidation sites excluding steroid dienone is 2. The van der Waals surface area contributed by atoms with E-state index in [4.69, 9.17) is 4.74 Å². The minimum Gasteiger partial charge on any atom is -0.497 e. The molecule has 2 aromatic carbocycles. The largest absolute Gasteiger partial charge is 0.497 e. The van der Waals surface area contributed by atoms with Crippen molar-refractivity contribution < 1.29 is 14.3 Å². The summed E-state index contributed by atoms with van der Waals surface area (Å²) < 4.78 is 5.50. The predicted octanol–water partition coefficient (Wildman–Crippen LogP) is 5.23. The van der Waals surface area contributed by atoms with Crippen molar-refractivity contribution in [2.24, 2.45) is 5.41 Å². The number of benzene rings is 2. The smallest absolute Gasteiger partial charge is 0.226 e. The number of methoxy groups -OCH3 is 1. The molecule has 0 saturated carbocycles. The first-order valence-corrected chi connectivity index (χ1v) is 13.2. The molecule has 0 radical (unpaired) electrons. The molecule has 5 nitrogen and oxygen atoms in total. The second-order valence-corrected chi connectivity index (χ2v) is 9.93. The zero-order valence-corrected chi connectivity index (χ0v) is 21.4. The molecule has 1 heterocycles. The Morgan fingerprint density at radius 3 is 2.28 bits per heavy atom. The molecule has 0 atom stereocenters. The third-order valence-electron chi connectivity index (χ3n) is 7.57. The van der Waals surface area contributed by atoms with Gasteiger partial charge >= 0.3 is 0 Å². The van der Waals surface area contributed by atoms with E-state index in [0.717, 1.165) is 31.4 Å². The van der Waals surface area contributed by atoms with Crippen LogP contribution in [0, 0.1) is 5.41 Å². The standard InChI is InChI=1S/C31H38N2O3/c1-36-28-15-9-8-14-27(28)18-21-32-30(35)31(24-26-12-6-3-7-13-26)19-22-33(23-20-31)29(34)17-16-25-10-4-2-5-11-25/h2-7,9-13,15H,8,14,16-24H2,1H3,(H,32,35). The van der Waals surface area contributed by atoms with Crippen LogP contribution in [-0.4, -0.2) is 43.5 Å². The van der Waals surface area contributed by atoms with Crippen molar-refractivity contribution in [2.45, 2.75) is 51.4 Å². The van der Waals surface area contributed by atoms with Gasteiger partial charge in [-0.05, 0) is 67.7 Å². The number of carbonyl (C=O) groups excluding carboxylic acids is 2. The van der Waals surface area contributed by atoms with Gasteiger partial charge in [-0.25, -0.2) is 0 Å². The van der Waals surface area contributed by atoms with Gasteiger partial charge in [0.2, 0.25) is 11.8 Å². The van der Waals surface area contributed by atoms with Crippen LogP contribution in [0.5, 0.6) is 0 Å². The maximum Gasteiger partial charge on any atom is 0.226 e. The quantitative estimate of drug-likeness (QED) is 0.500. The lowest BCUT2D eigenvalue weighted by molar-refractivity contribution is -0.140. The monoisotopic (exact) mass is 486 g/mol. The van der Waals surface area contributed by atoms with E-state index < -0.39 is 5.41 Å². The van der Waals surface area contributed by atoms with Crippen LogP contribution in [0.2, 0.25) is 0 Å². The maximum absolute atomic E-state index is 13.6. The fourth-order valence-electron chi connectivity index (χ4n) is 5.37. The summed E-state index contributed by atoms with van der Waals surface area (Å²) in [6.45, 7) is 1.85. The number of amides is 2. The number of piperidine rings is 1. The number of likely N-dealkylation sites (tertiary alicyclic amines) is 1. The lowest BCUT2D eigenvalue weighted by Crippen LogP contribution is -2.51. The Bertz CT molecular complexity index is 1070. The molecule has 2 aliphatic rings. The Labute approximate surface area is 215 Å². The van der Waals surface area contributed by atoms with Crippen molar-refractivity contribution in [1.29, 1.82) is 0 Å². The van der Waals surface area contributed by atoms with E-state index in [9.17, 15) is 9.59 Å². The minimum atomic E-state index is -0.498. The van der Waals surface area contributed by atoms with Crippen molar-refractivity contribution >= 4 is 11.8 Å². The molecule has 1 fully saturated rings. The van der Waals surface area contributed by atoms with Gasteiger partial charge in [0.1, 0.15) is 5.76 Å². The highest BCUT2D eigenvalue weighted by molar-refractivity contribution is 5.84. The molecule has 0 aromatic heterocycles. The van der Waals surface area contributed by atoms with Crippen molar-refractivity contribution in [3.8, 4) is 0 Å². The predicted molar refractivity (Wildman–Crippen MR) is 143 cm³/mol. The van der Waals surface area contributed by atoms with E-state index in [1.54, 1.807) is 7.11 Å². The Morgan fingerprint density at radius 1 is 0.944 bits per heavy atom. The fourth-order valence-corrected chi connectivity index (χ4v) is 5.37. The van der Waals surface area contributed by atoms with Crippen molar-refractivity contribution in [3.63, 3.8) is 0 Å².